The molecule has 0 saturated carbocycles. The van der Waals surface area contributed by atoms with Crippen LogP contribution in [0.15, 0.2) is 42.5 Å². The summed E-state index contributed by atoms with van der Waals surface area (Å²) < 4.78 is 11.9. The molecule has 2 N–H and O–H groups in total. The van der Waals surface area contributed by atoms with Crippen molar-refractivity contribution in [3.05, 3.63) is 59.2 Å². The van der Waals surface area contributed by atoms with Gasteiger partial charge < -0.3 is 25.0 Å². The molecule has 1 amide bonds. The van der Waals surface area contributed by atoms with Crippen molar-refractivity contribution in [1.29, 1.82) is 5.26 Å². The van der Waals surface area contributed by atoms with Gasteiger partial charge in [-0.25, -0.2) is 0 Å². The first-order valence-electron chi connectivity index (χ1n) is 12.1. The van der Waals surface area contributed by atoms with Gasteiger partial charge in [0.25, 0.3) is 5.91 Å². The van der Waals surface area contributed by atoms with Gasteiger partial charge in [0, 0.05) is 32.7 Å². The molecule has 3 aliphatic heterocycles. The quantitative estimate of drug-likeness (QED) is 0.712. The number of likely N-dealkylation sites (tertiary alicyclic amines) is 1. The van der Waals surface area contributed by atoms with Gasteiger partial charge in [-0.05, 0) is 60.3 Å². The van der Waals surface area contributed by atoms with Crippen molar-refractivity contribution in [2.75, 3.05) is 39.8 Å². The first kappa shape index (κ1) is 23.0. The van der Waals surface area contributed by atoms with Gasteiger partial charge in [0.15, 0.2) is 0 Å². The van der Waals surface area contributed by atoms with Gasteiger partial charge in [0.2, 0.25) is 0 Å². The number of carbonyl (C=O) groups excluding carboxylic acids is 1. The van der Waals surface area contributed by atoms with E-state index in [2.05, 4.69) is 59.0 Å². The standard InChI is InChI=1S/C27H32N4O3/c1-31-11-9-27(18-31)24-14-21(7-8-22(24)17-34-27)20-5-3-19(4-6-20)13-23(15-28)30-26(32)25-16-29-10-2-12-33-25/h3-8,14,23,25,29H,2,9-13,16-18H2,1H3,(H,30,32)/t23-,25-,27?/m0/s1. The lowest BCUT2D eigenvalue weighted by Crippen LogP contribution is -2.46. The molecule has 5 rings (SSSR count). The van der Waals surface area contributed by atoms with Crippen LogP contribution in [-0.4, -0.2) is 62.8 Å². The third kappa shape index (κ3) is 4.73. The Labute approximate surface area is 201 Å². The Morgan fingerprint density at radius 1 is 1.29 bits per heavy atom. The highest BCUT2D eigenvalue weighted by Gasteiger charge is 2.44. The summed E-state index contributed by atoms with van der Waals surface area (Å²) in [6.07, 6.45) is 1.82. The number of benzene rings is 2. The normalized spacial score (nSPS) is 25.5. The Balaban J connectivity index is 1.26. The number of likely N-dealkylation sites (N-methyl/N-ethyl adjacent to an activating group) is 1. The number of amides is 1. The van der Waals surface area contributed by atoms with E-state index in [0.29, 0.717) is 26.2 Å². The van der Waals surface area contributed by atoms with Crippen molar-refractivity contribution in [3.63, 3.8) is 0 Å². The van der Waals surface area contributed by atoms with Gasteiger partial charge in [0.05, 0.1) is 12.7 Å². The summed E-state index contributed by atoms with van der Waals surface area (Å²) in [5, 5.41) is 15.6. The van der Waals surface area contributed by atoms with Crippen molar-refractivity contribution < 1.29 is 14.3 Å². The lowest BCUT2D eigenvalue weighted by Gasteiger charge is -2.24. The Morgan fingerprint density at radius 2 is 2.12 bits per heavy atom. The molecule has 3 aliphatic rings. The van der Waals surface area contributed by atoms with E-state index in [0.717, 1.165) is 43.6 Å². The van der Waals surface area contributed by atoms with E-state index in [4.69, 9.17) is 9.47 Å². The molecule has 1 spiro atoms. The number of nitriles is 1. The molecule has 2 saturated heterocycles. The number of carbonyl (C=O) groups is 1. The first-order valence-corrected chi connectivity index (χ1v) is 12.1. The molecule has 0 bridgehead atoms. The van der Waals surface area contributed by atoms with Crippen LogP contribution in [0, 0.1) is 11.3 Å². The molecule has 0 aliphatic carbocycles. The molecule has 0 aromatic heterocycles. The zero-order valence-corrected chi connectivity index (χ0v) is 19.7. The van der Waals surface area contributed by atoms with Crippen LogP contribution >= 0.6 is 0 Å². The van der Waals surface area contributed by atoms with E-state index in [-0.39, 0.29) is 11.5 Å². The lowest BCUT2D eigenvalue weighted by molar-refractivity contribution is -0.132. The largest absolute Gasteiger partial charge is 0.367 e. The number of hydrogen-bond donors (Lipinski definition) is 2. The van der Waals surface area contributed by atoms with E-state index in [9.17, 15) is 10.1 Å². The summed E-state index contributed by atoms with van der Waals surface area (Å²) in [6.45, 7) is 4.54. The topological polar surface area (TPSA) is 86.6 Å². The number of fused-ring (bicyclic) bond motifs is 2. The highest BCUT2D eigenvalue weighted by Crippen LogP contribution is 2.44. The van der Waals surface area contributed by atoms with Crippen molar-refractivity contribution in [2.45, 2.75) is 43.6 Å². The van der Waals surface area contributed by atoms with E-state index in [1.165, 1.54) is 16.7 Å². The summed E-state index contributed by atoms with van der Waals surface area (Å²) in [5.74, 6) is -0.232. The van der Waals surface area contributed by atoms with Crippen LogP contribution in [0.1, 0.15) is 29.5 Å². The zero-order chi connectivity index (χ0) is 23.5. The third-order valence-electron chi connectivity index (χ3n) is 7.17. The maximum Gasteiger partial charge on any atom is 0.251 e. The second-order valence-electron chi connectivity index (χ2n) is 9.65. The molecule has 3 atom stereocenters. The second-order valence-corrected chi connectivity index (χ2v) is 9.65. The monoisotopic (exact) mass is 460 g/mol. The fraction of sp³-hybridized carbons (Fsp3) is 0.481. The van der Waals surface area contributed by atoms with Gasteiger partial charge in [-0.1, -0.05) is 36.4 Å². The molecule has 2 aromatic rings. The molecule has 178 valence electrons. The number of nitrogens with zero attached hydrogens (tertiary/aromatic N) is 2. The fourth-order valence-electron chi connectivity index (χ4n) is 5.25. The van der Waals surface area contributed by atoms with E-state index in [1.807, 2.05) is 12.1 Å². The molecule has 34 heavy (non-hydrogen) atoms. The van der Waals surface area contributed by atoms with E-state index in [1.54, 1.807) is 0 Å². The summed E-state index contributed by atoms with van der Waals surface area (Å²) in [7, 11) is 2.15. The van der Waals surface area contributed by atoms with Crippen LogP contribution in [-0.2, 0) is 32.9 Å². The molecule has 0 radical (unpaired) electrons. The smallest absolute Gasteiger partial charge is 0.251 e. The van der Waals surface area contributed by atoms with Crippen LogP contribution in [0.3, 0.4) is 0 Å². The molecule has 2 fully saturated rings. The molecule has 1 unspecified atom stereocenters. The maximum absolute atomic E-state index is 12.5. The SMILES string of the molecule is CN1CCC2(C1)OCc1ccc(-c3ccc(C[C@@H](C#N)NC(=O)[C@@H]4CNCCCO4)cc3)cc12. The molecular weight excluding hydrogens is 428 g/mol. The molecule has 2 aromatic carbocycles. The van der Waals surface area contributed by atoms with Gasteiger partial charge in [-0.15, -0.1) is 0 Å². The molecule has 7 nitrogen and oxygen atoms in total. The Hall–Kier alpha value is -2.76. The minimum Gasteiger partial charge on any atom is -0.367 e. The average molecular weight is 461 g/mol. The number of rotatable bonds is 5. The van der Waals surface area contributed by atoms with Gasteiger partial charge in [-0.2, -0.15) is 5.26 Å². The number of ether oxygens (including phenoxy) is 2. The highest BCUT2D eigenvalue weighted by atomic mass is 16.5. The van der Waals surface area contributed by atoms with Gasteiger partial charge in [0.1, 0.15) is 17.7 Å². The molecule has 7 heteroatoms. The summed E-state index contributed by atoms with van der Waals surface area (Å²) in [5.41, 5.74) is 5.75. The maximum atomic E-state index is 12.5. The Kier molecular flexibility index (Phi) is 6.66. The van der Waals surface area contributed by atoms with Crippen LogP contribution < -0.4 is 10.6 Å². The predicted octanol–water partition coefficient (Wildman–Crippen LogP) is 2.34. The van der Waals surface area contributed by atoms with Crippen LogP contribution in [0.5, 0.6) is 0 Å². The summed E-state index contributed by atoms with van der Waals surface area (Å²) in [4.78, 5) is 14.9. The minimum atomic E-state index is -0.596. The summed E-state index contributed by atoms with van der Waals surface area (Å²) >= 11 is 0. The number of nitrogens with one attached hydrogen (secondary N) is 2. The Bertz CT molecular complexity index is 1070. The fourth-order valence-corrected chi connectivity index (χ4v) is 5.25. The van der Waals surface area contributed by atoms with Crippen molar-refractivity contribution in [2.24, 2.45) is 0 Å². The van der Waals surface area contributed by atoms with Crippen LogP contribution in [0.4, 0.5) is 0 Å². The average Bonchev–Trinajstić information content (AvgIpc) is 3.27. The predicted molar refractivity (Wildman–Crippen MR) is 129 cm³/mol. The Morgan fingerprint density at radius 3 is 2.88 bits per heavy atom. The van der Waals surface area contributed by atoms with E-state index < -0.39 is 12.1 Å². The number of hydrogen-bond acceptors (Lipinski definition) is 6. The minimum absolute atomic E-state index is 0.172. The summed E-state index contributed by atoms with van der Waals surface area (Å²) in [6, 6.07) is 16.5. The lowest BCUT2D eigenvalue weighted by atomic mass is 9.88. The van der Waals surface area contributed by atoms with Gasteiger partial charge >= 0.3 is 0 Å². The molecular formula is C27H32N4O3. The third-order valence-corrected chi connectivity index (χ3v) is 7.17. The van der Waals surface area contributed by atoms with Crippen molar-refractivity contribution in [1.82, 2.24) is 15.5 Å². The van der Waals surface area contributed by atoms with Crippen molar-refractivity contribution >= 4 is 5.91 Å². The highest BCUT2D eigenvalue weighted by molar-refractivity contribution is 5.81. The van der Waals surface area contributed by atoms with Crippen LogP contribution in [0.25, 0.3) is 11.1 Å². The van der Waals surface area contributed by atoms with Crippen molar-refractivity contribution in [3.8, 4) is 17.2 Å². The zero-order valence-electron chi connectivity index (χ0n) is 19.7. The van der Waals surface area contributed by atoms with Crippen LogP contribution in [0.2, 0.25) is 0 Å². The first-order chi connectivity index (χ1) is 16.6. The second kappa shape index (κ2) is 9.85. The molecule has 3 heterocycles. The van der Waals surface area contributed by atoms with E-state index >= 15 is 0 Å². The van der Waals surface area contributed by atoms with Gasteiger partial charge in [-0.3, -0.25) is 4.79 Å².